The van der Waals surface area contributed by atoms with E-state index in [4.69, 9.17) is 5.11 Å². The van der Waals surface area contributed by atoms with Gasteiger partial charge in [-0.2, -0.15) is 13.2 Å². The molecule has 1 atom stereocenters. The molecule has 0 spiro atoms. The first kappa shape index (κ1) is 39.0. The molecule has 10 nitrogen and oxygen atoms in total. The Balaban J connectivity index is 1.28. The third-order valence-electron chi connectivity index (χ3n) is 9.23. The number of aliphatic carboxylic acids is 1. The van der Waals surface area contributed by atoms with Gasteiger partial charge in [-0.3, -0.25) is 14.4 Å². The van der Waals surface area contributed by atoms with Crippen LogP contribution in [0.1, 0.15) is 80.4 Å². The first-order valence-corrected chi connectivity index (χ1v) is 18.1. The van der Waals surface area contributed by atoms with Crippen LogP contribution in [0.25, 0.3) is 0 Å². The molecule has 1 aliphatic rings. The lowest BCUT2D eigenvalue weighted by atomic mass is 9.86. The number of carbonyl (C=O) groups is 4. The van der Waals surface area contributed by atoms with Crippen molar-refractivity contribution in [1.82, 2.24) is 4.31 Å². The van der Waals surface area contributed by atoms with Crippen molar-refractivity contribution >= 4 is 46.5 Å². The summed E-state index contributed by atoms with van der Waals surface area (Å²) in [7, 11) is 0. The molecule has 53 heavy (non-hydrogen) atoms. The van der Waals surface area contributed by atoms with Gasteiger partial charge >= 0.3 is 18.1 Å². The number of carboxylic acid groups (broad SMARTS) is 2. The highest BCUT2D eigenvalue weighted by Crippen LogP contribution is 2.34. The van der Waals surface area contributed by atoms with Gasteiger partial charge in [0.05, 0.1) is 45.7 Å². The normalized spacial score (nSPS) is 16.5. The summed E-state index contributed by atoms with van der Waals surface area (Å²) in [5.74, 6) is -3.90. The molecule has 4 aromatic rings. The molecule has 2 amide bonds. The van der Waals surface area contributed by atoms with Crippen molar-refractivity contribution in [1.29, 1.82) is 0 Å². The van der Waals surface area contributed by atoms with Crippen LogP contribution in [0, 0.1) is 5.92 Å². The Morgan fingerprint density at radius 1 is 0.792 bits per heavy atom. The van der Waals surface area contributed by atoms with Gasteiger partial charge < -0.3 is 25.4 Å². The third-order valence-corrected chi connectivity index (χ3v) is 10.9. The molecular weight excluding hydrogens is 712 g/mol. The molecule has 0 aromatic heterocycles. The number of nitrogens with one attached hydrogen (secondary N) is 2. The highest BCUT2D eigenvalue weighted by Gasteiger charge is 2.35. The lowest BCUT2D eigenvalue weighted by Crippen LogP contribution is -2.42. The SMILES string of the molecule is CCN(C1CCC(C(=O)O)CC1)[S+]([O-])c1cccc(C(=O)Nc2ccc(C(F)(F)F)cc2C(=O)Nc2ccc(CCc3ccc(C(=O)O)cc3)cc2)c1. The Kier molecular flexibility index (Phi) is 12.6. The monoisotopic (exact) mass is 749 g/mol. The predicted octanol–water partition coefficient (Wildman–Crippen LogP) is 7.68. The molecule has 0 saturated heterocycles. The van der Waals surface area contributed by atoms with E-state index in [1.54, 1.807) is 46.8 Å². The number of hydrogen-bond donors (Lipinski definition) is 4. The first-order valence-electron chi connectivity index (χ1n) is 17.0. The molecular formula is C39H38F3N3O7S. The average Bonchev–Trinajstić information content (AvgIpc) is 3.14. The summed E-state index contributed by atoms with van der Waals surface area (Å²) < 4.78 is 56.5. The van der Waals surface area contributed by atoms with Crippen LogP contribution in [0.5, 0.6) is 0 Å². The molecule has 0 bridgehead atoms. The first-order chi connectivity index (χ1) is 25.2. The number of alkyl halides is 3. The minimum atomic E-state index is -4.76. The van der Waals surface area contributed by atoms with Gasteiger partial charge in [0.25, 0.3) is 11.8 Å². The highest BCUT2D eigenvalue weighted by atomic mass is 32.2. The number of rotatable bonds is 13. The number of aryl methyl sites for hydroxylation is 2. The van der Waals surface area contributed by atoms with Gasteiger partial charge in [0.1, 0.15) is 0 Å². The summed E-state index contributed by atoms with van der Waals surface area (Å²) in [5.41, 5.74) is 0.751. The smallest absolute Gasteiger partial charge is 0.416 e. The minimum Gasteiger partial charge on any atom is -0.593 e. The topological polar surface area (TPSA) is 159 Å². The summed E-state index contributed by atoms with van der Waals surface area (Å²) in [6, 6.07) is 21.6. The maximum absolute atomic E-state index is 13.7. The molecule has 1 aliphatic carbocycles. The zero-order valence-electron chi connectivity index (χ0n) is 28.7. The Labute approximate surface area is 307 Å². The molecule has 0 heterocycles. The van der Waals surface area contributed by atoms with Crippen LogP contribution in [-0.4, -0.2) is 55.4 Å². The summed E-state index contributed by atoms with van der Waals surface area (Å²) in [4.78, 5) is 49.6. The van der Waals surface area contributed by atoms with E-state index < -0.39 is 58.3 Å². The average molecular weight is 750 g/mol. The van der Waals surface area contributed by atoms with E-state index in [2.05, 4.69) is 10.6 Å². The van der Waals surface area contributed by atoms with E-state index in [-0.39, 0.29) is 22.9 Å². The molecule has 14 heteroatoms. The number of carboxylic acids is 2. The van der Waals surface area contributed by atoms with E-state index in [9.17, 15) is 42.0 Å². The molecule has 1 fully saturated rings. The van der Waals surface area contributed by atoms with Crippen LogP contribution in [0.2, 0.25) is 0 Å². The number of halogens is 3. The van der Waals surface area contributed by atoms with Crippen LogP contribution in [0.15, 0.2) is 95.9 Å². The number of anilines is 2. The number of carbonyl (C=O) groups excluding carboxylic acids is 2. The Bertz CT molecular complexity index is 1950. The van der Waals surface area contributed by atoms with Gasteiger partial charge in [-0.1, -0.05) is 30.3 Å². The summed E-state index contributed by atoms with van der Waals surface area (Å²) in [6.45, 7) is 2.26. The van der Waals surface area contributed by atoms with Crippen molar-refractivity contribution in [2.75, 3.05) is 17.2 Å². The number of nitrogens with zero attached hydrogens (tertiary/aromatic N) is 1. The van der Waals surface area contributed by atoms with Crippen molar-refractivity contribution in [2.24, 2.45) is 5.92 Å². The van der Waals surface area contributed by atoms with Crippen molar-refractivity contribution in [3.05, 3.63) is 124 Å². The number of benzene rings is 4. The van der Waals surface area contributed by atoms with Crippen molar-refractivity contribution in [2.45, 2.75) is 62.6 Å². The van der Waals surface area contributed by atoms with Crippen molar-refractivity contribution < 1.29 is 47.1 Å². The lowest BCUT2D eigenvalue weighted by molar-refractivity contribution is -0.143. The molecule has 0 radical (unpaired) electrons. The largest absolute Gasteiger partial charge is 0.593 e. The van der Waals surface area contributed by atoms with Gasteiger partial charge in [-0.05, 0) is 111 Å². The van der Waals surface area contributed by atoms with Crippen LogP contribution in [0.3, 0.4) is 0 Å². The summed E-state index contributed by atoms with van der Waals surface area (Å²) >= 11 is -1.68. The van der Waals surface area contributed by atoms with E-state index in [0.717, 1.165) is 23.3 Å². The quantitative estimate of drug-likeness (QED) is 0.101. The van der Waals surface area contributed by atoms with Gasteiger partial charge in [-0.25, -0.2) is 4.79 Å². The minimum absolute atomic E-state index is 0.0705. The maximum atomic E-state index is 13.7. The third kappa shape index (κ3) is 10.0. The Hall–Kier alpha value is -5.18. The maximum Gasteiger partial charge on any atom is 0.416 e. The number of aromatic carboxylic acids is 1. The van der Waals surface area contributed by atoms with E-state index >= 15 is 0 Å². The molecule has 1 unspecified atom stereocenters. The van der Waals surface area contributed by atoms with Crippen LogP contribution >= 0.6 is 0 Å². The zero-order chi connectivity index (χ0) is 38.3. The number of amides is 2. The van der Waals surface area contributed by atoms with Crippen molar-refractivity contribution in [3.8, 4) is 0 Å². The molecule has 278 valence electrons. The fourth-order valence-corrected chi connectivity index (χ4v) is 7.68. The lowest BCUT2D eigenvalue weighted by Gasteiger charge is -2.34. The van der Waals surface area contributed by atoms with Gasteiger partial charge in [0.2, 0.25) is 0 Å². The van der Waals surface area contributed by atoms with Crippen LogP contribution < -0.4 is 10.6 Å². The molecule has 1 saturated carbocycles. The number of hydrogen-bond acceptors (Lipinski definition) is 6. The second-order valence-corrected chi connectivity index (χ2v) is 14.2. The second-order valence-electron chi connectivity index (χ2n) is 12.7. The van der Waals surface area contributed by atoms with Gasteiger partial charge in [0, 0.05) is 23.9 Å². The van der Waals surface area contributed by atoms with Gasteiger partial charge in [-0.15, -0.1) is 4.31 Å². The molecule has 0 aliphatic heterocycles. The highest BCUT2D eigenvalue weighted by molar-refractivity contribution is 7.89. The molecule has 4 aromatic carbocycles. The standard InChI is InChI=1S/C39H38F3N3O7S/c1-2-45(31-19-14-27(15-20-31)38(50)51)53(52)32-5-3-4-28(22-32)35(46)44-34-21-16-29(39(40,41)42)23-33(34)36(47)43-30-17-10-25(11-18-30)7-6-24-8-12-26(13-9-24)37(48)49/h3-5,8-13,16-18,21-23,27,31H,2,6-7,14-15,19-20H2,1H3,(H,43,47)(H,44,46)(H,48,49)(H,50,51). The van der Waals surface area contributed by atoms with Crippen LogP contribution in [0.4, 0.5) is 24.5 Å². The Morgan fingerprint density at radius 3 is 1.98 bits per heavy atom. The summed E-state index contributed by atoms with van der Waals surface area (Å²) in [5, 5.41) is 23.6. The predicted molar refractivity (Wildman–Crippen MR) is 193 cm³/mol. The molecule has 5 rings (SSSR count). The van der Waals surface area contributed by atoms with Crippen LogP contribution in [-0.2, 0) is 35.2 Å². The second kappa shape index (κ2) is 17.1. The Morgan fingerprint density at radius 2 is 1.42 bits per heavy atom. The van der Waals surface area contributed by atoms with E-state index in [1.807, 2.05) is 6.92 Å². The fraction of sp³-hybridized carbons (Fsp3) is 0.282. The van der Waals surface area contributed by atoms with Crippen molar-refractivity contribution in [3.63, 3.8) is 0 Å². The fourth-order valence-electron chi connectivity index (χ4n) is 6.27. The van der Waals surface area contributed by atoms with Gasteiger partial charge in [0.15, 0.2) is 4.90 Å². The summed E-state index contributed by atoms with van der Waals surface area (Å²) in [6.07, 6.45) is -1.45. The van der Waals surface area contributed by atoms with E-state index in [1.165, 1.54) is 30.3 Å². The van der Waals surface area contributed by atoms with E-state index in [0.29, 0.717) is 61.7 Å². The zero-order valence-corrected chi connectivity index (χ0v) is 29.5. The molecule has 4 N–H and O–H groups in total.